The highest BCUT2D eigenvalue weighted by Crippen LogP contribution is 2.15. The number of hydrogen-bond acceptors (Lipinski definition) is 4. The van der Waals surface area contributed by atoms with Crippen molar-refractivity contribution in [2.24, 2.45) is 0 Å². The number of nitrogens with zero attached hydrogens (tertiary/aromatic N) is 1. The first kappa shape index (κ1) is 19.0. The van der Waals surface area contributed by atoms with Crippen LogP contribution in [-0.4, -0.2) is 52.2 Å². The van der Waals surface area contributed by atoms with E-state index in [1.54, 1.807) is 12.1 Å². The summed E-state index contributed by atoms with van der Waals surface area (Å²) in [7, 11) is -3.52. The minimum atomic E-state index is -3.52. The molecule has 1 atom stereocenters. The maximum Gasteiger partial charge on any atom is 0.240 e. The number of nitrogens with one attached hydrogen (secondary N) is 1. The lowest BCUT2D eigenvalue weighted by Gasteiger charge is -2.34. The molecule has 1 fully saturated rings. The highest BCUT2D eigenvalue weighted by Gasteiger charge is 2.24. The predicted molar refractivity (Wildman–Crippen MR) is 103 cm³/mol. The molecule has 0 radical (unpaired) electrons. The quantitative estimate of drug-likeness (QED) is 0.807. The van der Waals surface area contributed by atoms with Gasteiger partial charge in [-0.05, 0) is 30.5 Å². The highest BCUT2D eigenvalue weighted by atomic mass is 32.2. The smallest absolute Gasteiger partial charge is 0.240 e. The number of rotatable bonds is 7. The maximum atomic E-state index is 12.7. The predicted octanol–water partition coefficient (Wildman–Crippen LogP) is 2.22. The molecule has 0 bridgehead atoms. The molecular weight excluding hydrogens is 348 g/mol. The molecule has 0 aliphatic carbocycles. The summed E-state index contributed by atoms with van der Waals surface area (Å²) in [5.41, 5.74) is 1.96. The highest BCUT2D eigenvalue weighted by molar-refractivity contribution is 7.89. The summed E-state index contributed by atoms with van der Waals surface area (Å²) in [6.07, 6.45) is 0.803. The second kappa shape index (κ2) is 8.77. The first-order chi connectivity index (χ1) is 12.6. The van der Waals surface area contributed by atoms with Crippen LogP contribution in [0.1, 0.15) is 11.1 Å². The molecule has 1 unspecified atom stereocenters. The van der Waals surface area contributed by atoms with Crippen molar-refractivity contribution in [2.45, 2.75) is 24.3 Å². The first-order valence-electron chi connectivity index (χ1n) is 8.97. The normalized spacial score (nSPS) is 17.1. The lowest BCUT2D eigenvalue weighted by Crippen LogP contribution is -2.49. The van der Waals surface area contributed by atoms with Gasteiger partial charge in [-0.3, -0.25) is 4.90 Å². The van der Waals surface area contributed by atoms with Crippen molar-refractivity contribution in [3.63, 3.8) is 0 Å². The molecule has 6 heteroatoms. The maximum absolute atomic E-state index is 12.7. The van der Waals surface area contributed by atoms with Gasteiger partial charge < -0.3 is 4.74 Å². The molecule has 0 saturated carbocycles. The second-order valence-corrected chi connectivity index (χ2v) is 8.34. The van der Waals surface area contributed by atoms with E-state index >= 15 is 0 Å². The van der Waals surface area contributed by atoms with Crippen LogP contribution in [-0.2, 0) is 21.2 Å². The van der Waals surface area contributed by atoms with Gasteiger partial charge in [-0.15, -0.1) is 0 Å². The van der Waals surface area contributed by atoms with E-state index in [4.69, 9.17) is 4.74 Å². The van der Waals surface area contributed by atoms with Crippen LogP contribution in [0.2, 0.25) is 0 Å². The van der Waals surface area contributed by atoms with Crippen molar-refractivity contribution >= 4 is 10.0 Å². The summed E-state index contributed by atoms with van der Waals surface area (Å²) >= 11 is 0. The van der Waals surface area contributed by atoms with Gasteiger partial charge in [-0.25, -0.2) is 13.1 Å². The van der Waals surface area contributed by atoms with E-state index in [0.29, 0.717) is 24.7 Å². The molecule has 1 aliphatic rings. The molecule has 140 valence electrons. The molecule has 0 spiro atoms. The number of benzene rings is 2. The van der Waals surface area contributed by atoms with E-state index in [9.17, 15) is 8.42 Å². The molecule has 5 nitrogen and oxygen atoms in total. The number of aryl methyl sites for hydroxylation is 1. The van der Waals surface area contributed by atoms with Gasteiger partial charge in [0.15, 0.2) is 0 Å². The molecule has 3 rings (SSSR count). The van der Waals surface area contributed by atoms with Crippen molar-refractivity contribution in [2.75, 3.05) is 32.8 Å². The topological polar surface area (TPSA) is 58.6 Å². The molecule has 26 heavy (non-hydrogen) atoms. The first-order valence-corrected chi connectivity index (χ1v) is 10.5. The minimum absolute atomic E-state index is 0.0973. The standard InChI is InChI=1S/C20H26N2O3S/c1-17-7-5-6-10-20(17)26(23,24)21-16-19(22-11-13-25-14-12-22)15-18-8-3-2-4-9-18/h2-10,19,21H,11-16H2,1H3. The van der Waals surface area contributed by atoms with E-state index in [0.717, 1.165) is 25.1 Å². The summed E-state index contributed by atoms with van der Waals surface area (Å²) in [6, 6.07) is 17.4. The van der Waals surface area contributed by atoms with Crippen LogP contribution < -0.4 is 4.72 Å². The van der Waals surface area contributed by atoms with E-state index in [-0.39, 0.29) is 6.04 Å². The Bertz CT molecular complexity index is 803. The molecule has 1 heterocycles. The van der Waals surface area contributed by atoms with Gasteiger partial charge in [0.05, 0.1) is 18.1 Å². The fourth-order valence-corrected chi connectivity index (χ4v) is 4.62. The van der Waals surface area contributed by atoms with Crippen LogP contribution in [0.25, 0.3) is 0 Å². The molecule has 1 saturated heterocycles. The van der Waals surface area contributed by atoms with Crippen LogP contribution in [0.15, 0.2) is 59.5 Å². The third-order valence-electron chi connectivity index (χ3n) is 4.77. The second-order valence-electron chi connectivity index (χ2n) is 6.61. The molecule has 2 aromatic carbocycles. The Kier molecular flexibility index (Phi) is 6.43. The summed E-state index contributed by atoms with van der Waals surface area (Å²) in [4.78, 5) is 2.66. The van der Waals surface area contributed by atoms with E-state index in [2.05, 4.69) is 21.8 Å². The Labute approximate surface area is 156 Å². The zero-order valence-corrected chi connectivity index (χ0v) is 15.9. The van der Waals surface area contributed by atoms with Gasteiger partial charge in [-0.2, -0.15) is 0 Å². The largest absolute Gasteiger partial charge is 0.379 e. The van der Waals surface area contributed by atoms with Crippen molar-refractivity contribution in [3.8, 4) is 0 Å². The lowest BCUT2D eigenvalue weighted by molar-refractivity contribution is 0.0177. The molecule has 0 aromatic heterocycles. The monoisotopic (exact) mass is 374 g/mol. The SMILES string of the molecule is Cc1ccccc1S(=O)(=O)NCC(Cc1ccccc1)N1CCOCC1. The third kappa shape index (κ3) is 4.92. The third-order valence-corrected chi connectivity index (χ3v) is 6.35. The number of morpholine rings is 1. The number of hydrogen-bond donors (Lipinski definition) is 1. The van der Waals surface area contributed by atoms with Gasteiger partial charge in [0, 0.05) is 25.7 Å². The van der Waals surface area contributed by atoms with E-state index in [1.165, 1.54) is 5.56 Å². The Hall–Kier alpha value is -1.73. The van der Waals surface area contributed by atoms with Gasteiger partial charge in [0.1, 0.15) is 0 Å². The Balaban J connectivity index is 1.73. The van der Waals surface area contributed by atoms with Crippen LogP contribution in [0.3, 0.4) is 0 Å². The Morgan fingerprint density at radius 3 is 2.38 bits per heavy atom. The van der Waals surface area contributed by atoms with Crippen LogP contribution in [0.5, 0.6) is 0 Å². The average molecular weight is 375 g/mol. The fourth-order valence-electron chi connectivity index (χ4n) is 3.30. The Morgan fingerprint density at radius 2 is 1.69 bits per heavy atom. The molecule has 0 amide bonds. The van der Waals surface area contributed by atoms with Gasteiger partial charge in [-0.1, -0.05) is 48.5 Å². The van der Waals surface area contributed by atoms with Crippen molar-refractivity contribution < 1.29 is 13.2 Å². The molecular formula is C20H26N2O3S. The fraction of sp³-hybridized carbons (Fsp3) is 0.400. The molecule has 2 aromatic rings. The number of sulfonamides is 1. The summed E-state index contributed by atoms with van der Waals surface area (Å²) in [5, 5.41) is 0. The van der Waals surface area contributed by atoms with Crippen LogP contribution >= 0.6 is 0 Å². The van der Waals surface area contributed by atoms with Crippen molar-refractivity contribution in [3.05, 3.63) is 65.7 Å². The van der Waals surface area contributed by atoms with Gasteiger partial charge in [0.2, 0.25) is 10.0 Å². The van der Waals surface area contributed by atoms with Crippen LogP contribution in [0.4, 0.5) is 0 Å². The van der Waals surface area contributed by atoms with Gasteiger partial charge in [0.25, 0.3) is 0 Å². The average Bonchev–Trinajstić information content (AvgIpc) is 2.67. The molecule has 1 aliphatic heterocycles. The summed E-state index contributed by atoms with van der Waals surface area (Å²) < 4.78 is 33.8. The van der Waals surface area contributed by atoms with E-state index < -0.39 is 10.0 Å². The zero-order chi connectivity index (χ0) is 18.4. The number of ether oxygens (including phenoxy) is 1. The summed E-state index contributed by atoms with van der Waals surface area (Å²) in [5.74, 6) is 0. The molecule has 1 N–H and O–H groups in total. The van der Waals surface area contributed by atoms with E-state index in [1.807, 2.05) is 37.3 Å². The lowest BCUT2D eigenvalue weighted by atomic mass is 10.0. The zero-order valence-electron chi connectivity index (χ0n) is 15.1. The van der Waals surface area contributed by atoms with Crippen LogP contribution in [0, 0.1) is 6.92 Å². The van der Waals surface area contributed by atoms with Crippen molar-refractivity contribution in [1.29, 1.82) is 0 Å². The van der Waals surface area contributed by atoms with Gasteiger partial charge >= 0.3 is 0 Å². The summed E-state index contributed by atoms with van der Waals surface area (Å²) in [6.45, 7) is 5.22. The Morgan fingerprint density at radius 1 is 1.04 bits per heavy atom. The minimum Gasteiger partial charge on any atom is -0.379 e. The van der Waals surface area contributed by atoms with Crippen molar-refractivity contribution in [1.82, 2.24) is 9.62 Å².